The molecule has 0 saturated carbocycles. The SMILES string of the molecule is CCOC(=O)c1c(NC(=O)Cc2ccc(Cl)s2)sc2c1CCN(C(C)=O)C2. The van der Waals surface area contributed by atoms with Gasteiger partial charge < -0.3 is 15.0 Å². The molecular formula is C18H19ClN2O4S2. The first-order valence-corrected chi connectivity index (χ1v) is 10.5. The van der Waals surface area contributed by atoms with Gasteiger partial charge in [0.05, 0.1) is 29.5 Å². The van der Waals surface area contributed by atoms with Crippen LogP contribution in [-0.2, 0) is 33.7 Å². The van der Waals surface area contributed by atoms with Crippen LogP contribution in [0.25, 0.3) is 0 Å². The van der Waals surface area contributed by atoms with E-state index < -0.39 is 5.97 Å². The second-order valence-corrected chi connectivity index (χ2v) is 8.95. The van der Waals surface area contributed by atoms with Crippen molar-refractivity contribution in [1.82, 2.24) is 4.90 Å². The highest BCUT2D eigenvalue weighted by atomic mass is 35.5. The molecule has 0 atom stereocenters. The number of fused-ring (bicyclic) bond motifs is 1. The van der Waals surface area contributed by atoms with E-state index in [1.54, 1.807) is 17.9 Å². The number of hydrogen-bond acceptors (Lipinski definition) is 6. The number of esters is 1. The first-order chi connectivity index (χ1) is 12.9. The summed E-state index contributed by atoms with van der Waals surface area (Å²) in [5, 5.41) is 3.33. The van der Waals surface area contributed by atoms with Gasteiger partial charge in [-0.05, 0) is 31.0 Å². The molecule has 6 nitrogen and oxygen atoms in total. The predicted octanol–water partition coefficient (Wildman–Crippen LogP) is 3.73. The van der Waals surface area contributed by atoms with Gasteiger partial charge in [-0.2, -0.15) is 0 Å². The van der Waals surface area contributed by atoms with Gasteiger partial charge in [-0.1, -0.05) is 11.6 Å². The number of nitrogens with zero attached hydrogens (tertiary/aromatic N) is 1. The summed E-state index contributed by atoms with van der Waals surface area (Å²) in [5.41, 5.74) is 1.28. The Morgan fingerprint density at radius 2 is 2.07 bits per heavy atom. The second kappa shape index (κ2) is 8.41. The molecular weight excluding hydrogens is 408 g/mol. The Hall–Kier alpha value is -1.90. The van der Waals surface area contributed by atoms with E-state index in [-0.39, 0.29) is 24.8 Å². The van der Waals surface area contributed by atoms with Crippen molar-refractivity contribution in [3.63, 3.8) is 0 Å². The lowest BCUT2D eigenvalue weighted by molar-refractivity contribution is -0.129. The second-order valence-electron chi connectivity index (χ2n) is 6.05. The summed E-state index contributed by atoms with van der Waals surface area (Å²) >= 11 is 8.59. The Labute approximate surface area is 170 Å². The molecule has 2 amide bonds. The number of rotatable bonds is 5. The molecule has 0 radical (unpaired) electrons. The molecule has 0 aliphatic carbocycles. The fourth-order valence-electron chi connectivity index (χ4n) is 2.96. The Bertz CT molecular complexity index is 890. The van der Waals surface area contributed by atoms with Gasteiger partial charge in [0.2, 0.25) is 11.8 Å². The topological polar surface area (TPSA) is 75.7 Å². The van der Waals surface area contributed by atoms with Crippen LogP contribution in [0.5, 0.6) is 0 Å². The average molecular weight is 427 g/mol. The lowest BCUT2D eigenvalue weighted by Gasteiger charge is -2.25. The summed E-state index contributed by atoms with van der Waals surface area (Å²) in [4.78, 5) is 40.1. The van der Waals surface area contributed by atoms with E-state index in [2.05, 4.69) is 5.32 Å². The number of anilines is 1. The molecule has 3 rings (SSSR count). The van der Waals surface area contributed by atoms with E-state index in [9.17, 15) is 14.4 Å². The van der Waals surface area contributed by atoms with Crippen molar-refractivity contribution < 1.29 is 19.1 Å². The summed E-state index contributed by atoms with van der Waals surface area (Å²) in [6.45, 7) is 4.52. The van der Waals surface area contributed by atoms with Gasteiger partial charge in [-0.3, -0.25) is 9.59 Å². The highest BCUT2D eigenvalue weighted by Crippen LogP contribution is 2.38. The van der Waals surface area contributed by atoms with Crippen LogP contribution in [0, 0.1) is 0 Å². The molecule has 0 fully saturated rings. The molecule has 0 saturated heterocycles. The predicted molar refractivity (Wildman–Crippen MR) is 107 cm³/mol. The van der Waals surface area contributed by atoms with Crippen LogP contribution in [0.4, 0.5) is 5.00 Å². The summed E-state index contributed by atoms with van der Waals surface area (Å²) in [7, 11) is 0. The number of carbonyl (C=O) groups excluding carboxylic acids is 3. The molecule has 1 aliphatic heterocycles. The van der Waals surface area contributed by atoms with Crippen LogP contribution in [0.1, 0.15) is 39.5 Å². The highest BCUT2D eigenvalue weighted by Gasteiger charge is 2.30. The summed E-state index contributed by atoms with van der Waals surface area (Å²) in [5.74, 6) is -0.672. The van der Waals surface area contributed by atoms with Crippen molar-refractivity contribution in [2.45, 2.75) is 33.2 Å². The standard InChI is InChI=1S/C18H19ClN2O4S2/c1-3-25-18(24)16-12-6-7-21(10(2)22)9-13(12)27-17(16)20-15(23)8-11-4-5-14(19)26-11/h4-5H,3,6-9H2,1-2H3,(H,20,23). The van der Waals surface area contributed by atoms with Crippen LogP contribution in [-0.4, -0.2) is 35.8 Å². The molecule has 27 heavy (non-hydrogen) atoms. The fourth-order valence-corrected chi connectivity index (χ4v) is 5.31. The number of amides is 2. The molecule has 0 spiro atoms. The fraction of sp³-hybridized carbons (Fsp3) is 0.389. The van der Waals surface area contributed by atoms with Crippen molar-refractivity contribution in [2.24, 2.45) is 0 Å². The van der Waals surface area contributed by atoms with Gasteiger partial charge >= 0.3 is 5.97 Å². The first kappa shape index (κ1) is 19.9. The molecule has 1 N–H and O–H groups in total. The monoisotopic (exact) mass is 426 g/mol. The number of halogens is 1. The number of nitrogens with one attached hydrogen (secondary N) is 1. The van der Waals surface area contributed by atoms with E-state index in [1.807, 2.05) is 6.07 Å². The zero-order valence-electron chi connectivity index (χ0n) is 15.0. The van der Waals surface area contributed by atoms with Crippen molar-refractivity contribution in [3.05, 3.63) is 37.4 Å². The summed E-state index contributed by atoms with van der Waals surface area (Å²) in [6, 6.07) is 3.56. The van der Waals surface area contributed by atoms with E-state index in [0.717, 1.165) is 15.3 Å². The van der Waals surface area contributed by atoms with Crippen molar-refractivity contribution >= 4 is 57.1 Å². The van der Waals surface area contributed by atoms with Gasteiger partial charge in [0.15, 0.2) is 0 Å². The molecule has 0 unspecified atom stereocenters. The third-order valence-electron chi connectivity index (χ3n) is 4.20. The molecule has 3 heterocycles. The summed E-state index contributed by atoms with van der Waals surface area (Å²) < 4.78 is 5.82. The molecule has 0 aromatic carbocycles. The normalized spacial score (nSPS) is 13.2. The smallest absolute Gasteiger partial charge is 0.341 e. The minimum atomic E-state index is -0.444. The van der Waals surface area contributed by atoms with Crippen molar-refractivity contribution in [3.8, 4) is 0 Å². The Morgan fingerprint density at radius 1 is 1.30 bits per heavy atom. The quantitative estimate of drug-likeness (QED) is 0.739. The maximum Gasteiger partial charge on any atom is 0.341 e. The summed E-state index contributed by atoms with van der Waals surface area (Å²) in [6.07, 6.45) is 0.748. The van der Waals surface area contributed by atoms with E-state index in [0.29, 0.717) is 34.4 Å². The average Bonchev–Trinajstić information content (AvgIpc) is 3.16. The third-order valence-corrected chi connectivity index (χ3v) is 6.56. The molecule has 1 aliphatic rings. The maximum absolute atomic E-state index is 12.5. The van der Waals surface area contributed by atoms with E-state index in [1.165, 1.54) is 29.6 Å². The number of hydrogen-bond donors (Lipinski definition) is 1. The van der Waals surface area contributed by atoms with Crippen LogP contribution in [0.15, 0.2) is 12.1 Å². The molecule has 144 valence electrons. The molecule has 2 aromatic heterocycles. The number of carbonyl (C=O) groups is 3. The Morgan fingerprint density at radius 3 is 2.70 bits per heavy atom. The van der Waals surface area contributed by atoms with E-state index >= 15 is 0 Å². The van der Waals surface area contributed by atoms with Crippen LogP contribution >= 0.6 is 34.3 Å². The Balaban J connectivity index is 1.85. The van der Waals surface area contributed by atoms with E-state index in [4.69, 9.17) is 16.3 Å². The largest absolute Gasteiger partial charge is 0.462 e. The Kier molecular flexibility index (Phi) is 6.18. The minimum Gasteiger partial charge on any atom is -0.462 e. The lowest BCUT2D eigenvalue weighted by Crippen LogP contribution is -2.34. The maximum atomic E-state index is 12.5. The zero-order valence-corrected chi connectivity index (χ0v) is 17.4. The van der Waals surface area contributed by atoms with Crippen molar-refractivity contribution in [2.75, 3.05) is 18.5 Å². The van der Waals surface area contributed by atoms with Crippen LogP contribution in [0.3, 0.4) is 0 Å². The molecule has 0 bridgehead atoms. The van der Waals surface area contributed by atoms with Gasteiger partial charge in [0.25, 0.3) is 0 Å². The minimum absolute atomic E-state index is 0.00751. The van der Waals surface area contributed by atoms with Crippen molar-refractivity contribution in [1.29, 1.82) is 0 Å². The van der Waals surface area contributed by atoms with Gasteiger partial charge in [0.1, 0.15) is 5.00 Å². The lowest BCUT2D eigenvalue weighted by atomic mass is 10.0. The third kappa shape index (κ3) is 4.51. The van der Waals surface area contributed by atoms with Gasteiger partial charge in [0, 0.05) is 23.2 Å². The van der Waals surface area contributed by atoms with Gasteiger partial charge in [-0.15, -0.1) is 22.7 Å². The highest BCUT2D eigenvalue weighted by molar-refractivity contribution is 7.17. The molecule has 9 heteroatoms. The first-order valence-electron chi connectivity index (χ1n) is 8.50. The van der Waals surface area contributed by atoms with Crippen LogP contribution in [0.2, 0.25) is 4.34 Å². The number of ether oxygens (including phenoxy) is 1. The number of thiophene rings is 2. The van der Waals surface area contributed by atoms with Crippen LogP contribution < -0.4 is 5.32 Å². The zero-order chi connectivity index (χ0) is 19.6. The van der Waals surface area contributed by atoms with Gasteiger partial charge in [-0.25, -0.2) is 4.79 Å². The molecule has 2 aromatic rings.